The third-order valence-corrected chi connectivity index (χ3v) is 3.89. The predicted octanol–water partition coefficient (Wildman–Crippen LogP) is 4.59. The Kier molecular flexibility index (Phi) is 3.62. The van der Waals surface area contributed by atoms with Crippen LogP contribution in [0.15, 0.2) is 54.9 Å². The average Bonchev–Trinajstić information content (AvgIpc) is 2.46. The first-order chi connectivity index (χ1) is 9.66. The monoisotopic (exact) mass is 302 g/mol. The molecule has 4 heteroatoms. The van der Waals surface area contributed by atoms with E-state index in [0.29, 0.717) is 10.0 Å². The summed E-state index contributed by atoms with van der Waals surface area (Å²) < 4.78 is 0. The van der Waals surface area contributed by atoms with Crippen molar-refractivity contribution < 1.29 is 0 Å². The molecule has 0 amide bonds. The van der Waals surface area contributed by atoms with Gasteiger partial charge in [0.2, 0.25) is 0 Å². The van der Waals surface area contributed by atoms with Crippen LogP contribution in [0.25, 0.3) is 10.8 Å². The minimum atomic E-state index is -0.335. The van der Waals surface area contributed by atoms with Crippen molar-refractivity contribution in [3.05, 3.63) is 76.0 Å². The minimum absolute atomic E-state index is 0.335. The summed E-state index contributed by atoms with van der Waals surface area (Å²) in [5.74, 6) is 0. The van der Waals surface area contributed by atoms with Gasteiger partial charge in [0.15, 0.2) is 0 Å². The van der Waals surface area contributed by atoms with E-state index < -0.39 is 0 Å². The van der Waals surface area contributed by atoms with E-state index in [-0.39, 0.29) is 6.04 Å². The van der Waals surface area contributed by atoms with Gasteiger partial charge in [-0.05, 0) is 28.6 Å². The number of benzene rings is 2. The number of aromatic nitrogens is 1. The van der Waals surface area contributed by atoms with Crippen molar-refractivity contribution in [1.29, 1.82) is 0 Å². The molecule has 0 aliphatic rings. The Morgan fingerprint density at radius 2 is 1.75 bits per heavy atom. The van der Waals surface area contributed by atoms with Crippen LogP contribution in [0.3, 0.4) is 0 Å². The summed E-state index contributed by atoms with van der Waals surface area (Å²) in [5, 5.41) is 3.31. The predicted molar refractivity (Wildman–Crippen MR) is 84.2 cm³/mol. The van der Waals surface area contributed by atoms with Gasteiger partial charge in [-0.25, -0.2) is 0 Å². The molecule has 0 fully saturated rings. The molecule has 0 saturated heterocycles. The van der Waals surface area contributed by atoms with Gasteiger partial charge in [0.1, 0.15) is 0 Å². The molecule has 2 nitrogen and oxygen atoms in total. The molecule has 1 atom stereocenters. The molecule has 0 spiro atoms. The van der Waals surface area contributed by atoms with Crippen molar-refractivity contribution in [2.24, 2.45) is 5.73 Å². The Balaban J connectivity index is 2.15. The highest BCUT2D eigenvalue weighted by molar-refractivity contribution is 6.35. The van der Waals surface area contributed by atoms with E-state index in [1.165, 1.54) is 0 Å². The summed E-state index contributed by atoms with van der Waals surface area (Å²) >= 11 is 12.2. The smallest absolute Gasteiger partial charge is 0.0587 e. The zero-order valence-corrected chi connectivity index (χ0v) is 12.1. The lowest BCUT2D eigenvalue weighted by Gasteiger charge is -2.16. The van der Waals surface area contributed by atoms with Gasteiger partial charge in [-0.15, -0.1) is 0 Å². The van der Waals surface area contributed by atoms with Gasteiger partial charge in [0.25, 0.3) is 0 Å². The van der Waals surface area contributed by atoms with E-state index in [4.69, 9.17) is 28.9 Å². The van der Waals surface area contributed by atoms with Crippen molar-refractivity contribution in [3.63, 3.8) is 0 Å². The second-order valence-electron chi connectivity index (χ2n) is 4.59. The number of pyridine rings is 1. The number of rotatable bonds is 2. The van der Waals surface area contributed by atoms with Crippen molar-refractivity contribution in [3.8, 4) is 0 Å². The first-order valence-electron chi connectivity index (χ1n) is 6.20. The molecular weight excluding hydrogens is 291 g/mol. The summed E-state index contributed by atoms with van der Waals surface area (Å²) in [5.41, 5.74) is 8.16. The zero-order chi connectivity index (χ0) is 14.1. The highest BCUT2D eigenvalue weighted by Gasteiger charge is 2.15. The van der Waals surface area contributed by atoms with Crippen molar-refractivity contribution in [2.75, 3.05) is 0 Å². The lowest BCUT2D eigenvalue weighted by Crippen LogP contribution is -2.13. The summed E-state index contributed by atoms with van der Waals surface area (Å²) in [4.78, 5) is 4.26. The van der Waals surface area contributed by atoms with E-state index in [9.17, 15) is 0 Å². The van der Waals surface area contributed by atoms with E-state index in [1.807, 2.05) is 36.5 Å². The second kappa shape index (κ2) is 5.41. The zero-order valence-electron chi connectivity index (χ0n) is 10.6. The lowest BCUT2D eigenvalue weighted by molar-refractivity contribution is 0.874. The fraction of sp³-hybridized carbons (Fsp3) is 0.0625. The Morgan fingerprint density at radius 3 is 2.55 bits per heavy atom. The van der Waals surface area contributed by atoms with Crippen LogP contribution in [0.4, 0.5) is 0 Å². The van der Waals surface area contributed by atoms with E-state index in [2.05, 4.69) is 4.98 Å². The van der Waals surface area contributed by atoms with Crippen LogP contribution in [0.2, 0.25) is 10.0 Å². The first kappa shape index (κ1) is 13.4. The number of halogens is 2. The maximum Gasteiger partial charge on any atom is 0.0587 e. The molecule has 1 unspecified atom stereocenters. The summed E-state index contributed by atoms with van der Waals surface area (Å²) in [6.45, 7) is 0. The average molecular weight is 303 g/mol. The van der Waals surface area contributed by atoms with Gasteiger partial charge in [-0.3, -0.25) is 4.98 Å². The summed E-state index contributed by atoms with van der Waals surface area (Å²) in [6.07, 6.45) is 3.62. The number of nitrogens with zero attached hydrogens (tertiary/aromatic N) is 1. The Hall–Kier alpha value is -1.61. The fourth-order valence-electron chi connectivity index (χ4n) is 2.31. The van der Waals surface area contributed by atoms with Crippen LogP contribution in [0.1, 0.15) is 17.2 Å². The maximum absolute atomic E-state index is 6.37. The van der Waals surface area contributed by atoms with E-state index in [1.54, 1.807) is 18.3 Å². The third-order valence-electron chi connectivity index (χ3n) is 3.33. The molecule has 1 heterocycles. The molecule has 1 aromatic heterocycles. The summed E-state index contributed by atoms with van der Waals surface area (Å²) in [7, 11) is 0. The Labute approximate surface area is 127 Å². The van der Waals surface area contributed by atoms with Crippen LogP contribution in [-0.4, -0.2) is 4.98 Å². The van der Waals surface area contributed by atoms with Crippen LogP contribution < -0.4 is 5.73 Å². The Morgan fingerprint density at radius 1 is 0.950 bits per heavy atom. The van der Waals surface area contributed by atoms with Crippen LogP contribution in [0.5, 0.6) is 0 Å². The number of fused-ring (bicyclic) bond motifs is 1. The third kappa shape index (κ3) is 2.38. The molecule has 3 aromatic rings. The van der Waals surface area contributed by atoms with Crippen LogP contribution in [0, 0.1) is 0 Å². The highest BCUT2D eigenvalue weighted by atomic mass is 35.5. The van der Waals surface area contributed by atoms with Crippen molar-refractivity contribution >= 4 is 34.0 Å². The standard InChI is InChI=1S/C16H12Cl2N2/c17-11-5-6-13(15(18)7-11)16(19)14-9-20-8-10-3-1-2-4-12(10)14/h1-9,16H,19H2. The highest BCUT2D eigenvalue weighted by Crippen LogP contribution is 2.31. The molecule has 20 heavy (non-hydrogen) atoms. The molecule has 100 valence electrons. The van der Waals surface area contributed by atoms with Gasteiger partial charge < -0.3 is 5.73 Å². The minimum Gasteiger partial charge on any atom is -0.320 e. The first-order valence-corrected chi connectivity index (χ1v) is 6.95. The summed E-state index contributed by atoms with van der Waals surface area (Å²) in [6, 6.07) is 13.0. The van der Waals surface area contributed by atoms with Gasteiger partial charge in [-0.1, -0.05) is 53.5 Å². The number of nitrogens with two attached hydrogens (primary N) is 1. The molecule has 0 aliphatic heterocycles. The molecule has 2 N–H and O–H groups in total. The van der Waals surface area contributed by atoms with Gasteiger partial charge in [-0.2, -0.15) is 0 Å². The molecule has 0 aliphatic carbocycles. The molecule has 0 saturated carbocycles. The number of hydrogen-bond donors (Lipinski definition) is 1. The lowest BCUT2D eigenvalue weighted by atomic mass is 9.96. The molecule has 3 rings (SSSR count). The van der Waals surface area contributed by atoms with Gasteiger partial charge in [0.05, 0.1) is 6.04 Å². The molecule has 2 aromatic carbocycles. The SMILES string of the molecule is NC(c1ccc(Cl)cc1Cl)c1cncc2ccccc12. The molecule has 0 radical (unpaired) electrons. The normalized spacial score (nSPS) is 12.6. The van der Waals surface area contributed by atoms with Gasteiger partial charge >= 0.3 is 0 Å². The largest absolute Gasteiger partial charge is 0.320 e. The fourth-order valence-corrected chi connectivity index (χ4v) is 2.84. The second-order valence-corrected chi connectivity index (χ2v) is 5.44. The topological polar surface area (TPSA) is 38.9 Å². The number of hydrogen-bond acceptors (Lipinski definition) is 2. The van der Waals surface area contributed by atoms with Crippen molar-refractivity contribution in [1.82, 2.24) is 4.98 Å². The Bertz CT molecular complexity index is 766. The van der Waals surface area contributed by atoms with E-state index in [0.717, 1.165) is 21.9 Å². The quantitative estimate of drug-likeness (QED) is 0.752. The van der Waals surface area contributed by atoms with E-state index >= 15 is 0 Å². The van der Waals surface area contributed by atoms with Gasteiger partial charge in [0, 0.05) is 27.8 Å². The van der Waals surface area contributed by atoms with Crippen molar-refractivity contribution in [2.45, 2.75) is 6.04 Å². The molecule has 0 bridgehead atoms. The maximum atomic E-state index is 6.37. The molecular formula is C16H12Cl2N2. The van der Waals surface area contributed by atoms with Crippen LogP contribution >= 0.6 is 23.2 Å². The van der Waals surface area contributed by atoms with Crippen LogP contribution in [-0.2, 0) is 0 Å².